The second kappa shape index (κ2) is 9.14. The summed E-state index contributed by atoms with van der Waals surface area (Å²) in [4.78, 5) is 27.2. The number of hydrogen-bond donors (Lipinski definition) is 0. The number of nitrogens with zero attached hydrogens (tertiary/aromatic N) is 3. The van der Waals surface area contributed by atoms with Crippen LogP contribution in [0.2, 0.25) is 0 Å². The molecule has 1 saturated heterocycles. The van der Waals surface area contributed by atoms with Gasteiger partial charge in [0.1, 0.15) is 5.82 Å². The van der Waals surface area contributed by atoms with Gasteiger partial charge in [-0.25, -0.2) is 17.6 Å². The van der Waals surface area contributed by atoms with Gasteiger partial charge in [-0.1, -0.05) is 18.2 Å². The highest BCUT2D eigenvalue weighted by molar-refractivity contribution is 7.88. The van der Waals surface area contributed by atoms with Crippen LogP contribution in [0.5, 0.6) is 0 Å². The number of benzene rings is 1. The molecule has 2 rings (SSSR count). The van der Waals surface area contributed by atoms with Gasteiger partial charge in [-0.2, -0.15) is 4.31 Å². The van der Waals surface area contributed by atoms with E-state index in [-0.39, 0.29) is 44.3 Å². The van der Waals surface area contributed by atoms with Gasteiger partial charge in [0.05, 0.1) is 19.4 Å². The Labute approximate surface area is 158 Å². The number of amides is 2. The van der Waals surface area contributed by atoms with Crippen molar-refractivity contribution in [1.29, 1.82) is 0 Å². The van der Waals surface area contributed by atoms with Gasteiger partial charge in [-0.15, -0.1) is 0 Å². The lowest BCUT2D eigenvalue weighted by Gasteiger charge is -2.35. The monoisotopic (exact) mass is 401 g/mol. The smallest absolute Gasteiger partial charge is 0.409 e. The van der Waals surface area contributed by atoms with E-state index >= 15 is 0 Å². The van der Waals surface area contributed by atoms with Crippen molar-refractivity contribution in [2.45, 2.75) is 13.5 Å². The summed E-state index contributed by atoms with van der Waals surface area (Å²) in [7, 11) is -3.71. The standard InChI is InChI=1S/C17H24FN3O5S/c1-3-26-17(23)20-10-8-19(9-11-20)16(22)13-21(27(2,24)25)12-14-6-4-5-7-15(14)18/h4-7H,3,8-13H2,1-2H3. The van der Waals surface area contributed by atoms with Crippen molar-refractivity contribution in [1.82, 2.24) is 14.1 Å². The van der Waals surface area contributed by atoms with E-state index in [4.69, 9.17) is 4.74 Å². The van der Waals surface area contributed by atoms with Crippen molar-refractivity contribution in [3.05, 3.63) is 35.6 Å². The molecule has 1 heterocycles. The summed E-state index contributed by atoms with van der Waals surface area (Å²) in [5, 5.41) is 0. The molecular formula is C17H24FN3O5S. The SMILES string of the molecule is CCOC(=O)N1CCN(C(=O)CN(Cc2ccccc2F)S(C)(=O)=O)CC1. The van der Waals surface area contributed by atoms with E-state index < -0.39 is 21.9 Å². The molecular weight excluding hydrogens is 377 g/mol. The Morgan fingerprint density at radius 3 is 2.30 bits per heavy atom. The zero-order valence-electron chi connectivity index (χ0n) is 15.4. The molecule has 0 N–H and O–H groups in total. The zero-order valence-corrected chi connectivity index (χ0v) is 16.2. The molecule has 1 fully saturated rings. The minimum absolute atomic E-state index is 0.197. The maximum atomic E-state index is 13.8. The van der Waals surface area contributed by atoms with Crippen LogP contribution in [0.4, 0.5) is 9.18 Å². The number of ether oxygens (including phenoxy) is 1. The van der Waals surface area contributed by atoms with E-state index in [0.717, 1.165) is 10.6 Å². The highest BCUT2D eigenvalue weighted by atomic mass is 32.2. The average Bonchev–Trinajstić information content (AvgIpc) is 2.62. The Hall–Kier alpha value is -2.20. The Kier molecular flexibility index (Phi) is 7.14. The molecule has 1 aromatic rings. The predicted octanol–water partition coefficient (Wildman–Crippen LogP) is 0.888. The molecule has 1 aliphatic rings. The maximum absolute atomic E-state index is 13.8. The predicted molar refractivity (Wildman–Crippen MR) is 96.8 cm³/mol. The van der Waals surface area contributed by atoms with Crippen molar-refractivity contribution in [3.63, 3.8) is 0 Å². The van der Waals surface area contributed by atoms with E-state index in [0.29, 0.717) is 13.1 Å². The molecule has 0 atom stereocenters. The summed E-state index contributed by atoms with van der Waals surface area (Å²) in [5.41, 5.74) is 0.197. The number of piperazine rings is 1. The fourth-order valence-electron chi connectivity index (χ4n) is 2.71. The second-order valence-corrected chi connectivity index (χ2v) is 8.17. The van der Waals surface area contributed by atoms with Crippen molar-refractivity contribution < 1.29 is 27.1 Å². The van der Waals surface area contributed by atoms with Gasteiger partial charge in [0.2, 0.25) is 15.9 Å². The Bertz CT molecular complexity index is 779. The number of rotatable bonds is 6. The first-order valence-electron chi connectivity index (χ1n) is 8.60. The first kappa shape index (κ1) is 21.1. The van der Waals surface area contributed by atoms with Crippen LogP contribution in [0, 0.1) is 5.82 Å². The van der Waals surface area contributed by atoms with Crippen LogP contribution in [-0.2, 0) is 26.1 Å². The molecule has 2 amide bonds. The third kappa shape index (κ3) is 5.90. The number of halogens is 1. The van der Waals surface area contributed by atoms with Crippen molar-refractivity contribution >= 4 is 22.0 Å². The molecule has 1 aliphatic heterocycles. The topological polar surface area (TPSA) is 87.2 Å². The van der Waals surface area contributed by atoms with Crippen LogP contribution in [0.15, 0.2) is 24.3 Å². The molecule has 0 saturated carbocycles. The Morgan fingerprint density at radius 2 is 1.74 bits per heavy atom. The minimum Gasteiger partial charge on any atom is -0.450 e. The fourth-order valence-corrected chi connectivity index (χ4v) is 3.43. The lowest BCUT2D eigenvalue weighted by Crippen LogP contribution is -2.53. The second-order valence-electron chi connectivity index (χ2n) is 6.19. The molecule has 150 valence electrons. The van der Waals surface area contributed by atoms with Gasteiger partial charge in [0.25, 0.3) is 0 Å². The van der Waals surface area contributed by atoms with E-state index in [1.54, 1.807) is 13.0 Å². The van der Waals surface area contributed by atoms with E-state index in [1.165, 1.54) is 28.0 Å². The summed E-state index contributed by atoms with van der Waals surface area (Å²) < 4.78 is 43.8. The molecule has 0 bridgehead atoms. The molecule has 0 unspecified atom stereocenters. The largest absolute Gasteiger partial charge is 0.450 e. The lowest BCUT2D eigenvalue weighted by atomic mass is 10.2. The first-order valence-corrected chi connectivity index (χ1v) is 10.4. The normalized spacial score (nSPS) is 15.1. The number of carbonyl (C=O) groups is 2. The summed E-state index contributed by atoms with van der Waals surface area (Å²) in [5.74, 6) is -0.915. The van der Waals surface area contributed by atoms with E-state index in [2.05, 4.69) is 0 Å². The van der Waals surface area contributed by atoms with Crippen molar-refractivity contribution in [2.75, 3.05) is 45.6 Å². The average molecular weight is 401 g/mol. The lowest BCUT2D eigenvalue weighted by molar-refractivity contribution is -0.133. The quantitative estimate of drug-likeness (QED) is 0.707. The number of hydrogen-bond acceptors (Lipinski definition) is 5. The molecule has 0 aliphatic carbocycles. The van der Waals surface area contributed by atoms with Crippen LogP contribution in [0.1, 0.15) is 12.5 Å². The zero-order chi connectivity index (χ0) is 20.0. The molecule has 8 nitrogen and oxygen atoms in total. The van der Waals surface area contributed by atoms with Crippen LogP contribution in [0.25, 0.3) is 0 Å². The van der Waals surface area contributed by atoms with Crippen molar-refractivity contribution in [2.24, 2.45) is 0 Å². The molecule has 27 heavy (non-hydrogen) atoms. The Balaban J connectivity index is 1.99. The Morgan fingerprint density at radius 1 is 1.15 bits per heavy atom. The van der Waals surface area contributed by atoms with E-state index in [1.807, 2.05) is 0 Å². The van der Waals surface area contributed by atoms with Crippen molar-refractivity contribution in [3.8, 4) is 0 Å². The summed E-state index contributed by atoms with van der Waals surface area (Å²) in [6.45, 7) is 2.59. The number of carbonyl (C=O) groups excluding carboxylic acids is 2. The van der Waals surface area contributed by atoms with Gasteiger partial charge in [-0.3, -0.25) is 4.79 Å². The summed E-state index contributed by atoms with van der Waals surface area (Å²) in [6, 6.07) is 5.84. The summed E-state index contributed by atoms with van der Waals surface area (Å²) in [6.07, 6.45) is 0.557. The van der Waals surface area contributed by atoms with Crippen LogP contribution in [-0.4, -0.2) is 80.1 Å². The first-order chi connectivity index (χ1) is 12.7. The van der Waals surface area contributed by atoms with E-state index in [9.17, 15) is 22.4 Å². The van der Waals surface area contributed by atoms with Gasteiger partial charge in [-0.05, 0) is 13.0 Å². The van der Waals surface area contributed by atoms with Crippen LogP contribution in [0.3, 0.4) is 0 Å². The number of sulfonamides is 1. The third-order valence-corrected chi connectivity index (χ3v) is 5.44. The van der Waals surface area contributed by atoms with Gasteiger partial charge in [0, 0.05) is 38.3 Å². The minimum atomic E-state index is -3.71. The molecule has 0 aromatic heterocycles. The summed E-state index contributed by atoms with van der Waals surface area (Å²) >= 11 is 0. The third-order valence-electron chi connectivity index (χ3n) is 4.24. The fraction of sp³-hybridized carbons (Fsp3) is 0.529. The molecule has 0 spiro atoms. The van der Waals surface area contributed by atoms with Crippen LogP contribution < -0.4 is 0 Å². The highest BCUT2D eigenvalue weighted by Gasteiger charge is 2.28. The van der Waals surface area contributed by atoms with Gasteiger partial charge in [0.15, 0.2) is 0 Å². The molecule has 10 heteroatoms. The van der Waals surface area contributed by atoms with Gasteiger partial charge >= 0.3 is 6.09 Å². The maximum Gasteiger partial charge on any atom is 0.409 e. The highest BCUT2D eigenvalue weighted by Crippen LogP contribution is 2.13. The molecule has 1 aromatic carbocycles. The van der Waals surface area contributed by atoms with Gasteiger partial charge < -0.3 is 14.5 Å². The van der Waals surface area contributed by atoms with Crippen LogP contribution >= 0.6 is 0 Å². The molecule has 0 radical (unpaired) electrons.